The molecule has 1 aromatic carbocycles. The molecule has 1 amide bonds. The van der Waals surface area contributed by atoms with E-state index in [4.69, 9.17) is 15.2 Å². The molecule has 2 N–H and O–H groups in total. The first kappa shape index (κ1) is 25.6. The topological polar surface area (TPSA) is 110 Å². The minimum Gasteiger partial charge on any atom is -0.493 e. The van der Waals surface area contributed by atoms with Crippen molar-refractivity contribution in [3.05, 3.63) is 34.5 Å². The highest BCUT2D eigenvalue weighted by molar-refractivity contribution is 7.09. The molecule has 0 saturated carbocycles. The number of nitrogens with zero attached hydrogens (tertiary/aromatic N) is 6. The normalized spacial score (nSPS) is 17.8. The molecule has 3 aromatic rings. The highest BCUT2D eigenvalue weighted by atomic mass is 32.1. The van der Waals surface area contributed by atoms with Gasteiger partial charge in [-0.15, -0.1) is 11.3 Å². The molecule has 11 heteroatoms. The van der Waals surface area contributed by atoms with Crippen LogP contribution < -0.4 is 20.1 Å². The van der Waals surface area contributed by atoms with Crippen molar-refractivity contribution in [3.8, 4) is 11.5 Å². The van der Waals surface area contributed by atoms with Gasteiger partial charge in [0.05, 0.1) is 24.2 Å². The molecule has 37 heavy (non-hydrogen) atoms. The van der Waals surface area contributed by atoms with E-state index in [0.29, 0.717) is 29.7 Å². The smallest absolute Gasteiger partial charge is 0.268 e. The van der Waals surface area contributed by atoms with E-state index in [2.05, 4.69) is 36.7 Å². The lowest BCUT2D eigenvalue weighted by molar-refractivity contribution is 0.0996. The number of benzene rings is 1. The Morgan fingerprint density at radius 2 is 1.89 bits per heavy atom. The van der Waals surface area contributed by atoms with Crippen LogP contribution >= 0.6 is 11.3 Å². The van der Waals surface area contributed by atoms with Crippen LogP contribution in [0.15, 0.2) is 23.8 Å². The average Bonchev–Trinajstić information content (AvgIpc) is 3.42. The van der Waals surface area contributed by atoms with Gasteiger partial charge in [-0.2, -0.15) is 0 Å². The number of nitrogens with two attached hydrogens (primary N) is 1. The molecule has 0 atom stereocenters. The Morgan fingerprint density at radius 3 is 2.59 bits per heavy atom. The second-order valence-corrected chi connectivity index (χ2v) is 10.7. The monoisotopic (exact) mass is 525 g/mol. The molecule has 0 spiro atoms. The van der Waals surface area contributed by atoms with E-state index in [-0.39, 0.29) is 0 Å². The third-order valence-corrected chi connectivity index (χ3v) is 8.30. The number of piperazine rings is 1. The number of methoxy groups -OCH3 is 1. The van der Waals surface area contributed by atoms with Crippen LogP contribution in [0.5, 0.6) is 11.5 Å². The number of carbonyl (C=O) groups is 1. The lowest BCUT2D eigenvalue weighted by Crippen LogP contribution is -2.44. The number of thiazole rings is 1. The van der Waals surface area contributed by atoms with Gasteiger partial charge in [-0.25, -0.2) is 15.0 Å². The predicted molar refractivity (Wildman–Crippen MR) is 145 cm³/mol. The van der Waals surface area contributed by atoms with Crippen molar-refractivity contribution in [2.24, 2.45) is 5.73 Å². The number of fused-ring (bicyclic) bond motifs is 1. The zero-order valence-electron chi connectivity index (χ0n) is 21.6. The molecule has 2 aromatic heterocycles. The number of rotatable bonds is 9. The third-order valence-electron chi connectivity index (χ3n) is 7.29. The van der Waals surface area contributed by atoms with Crippen LogP contribution in [0.25, 0.3) is 10.9 Å². The number of hydrogen-bond acceptors (Lipinski definition) is 10. The highest BCUT2D eigenvalue weighted by Gasteiger charge is 2.26. The van der Waals surface area contributed by atoms with Crippen molar-refractivity contribution in [3.63, 3.8) is 0 Å². The summed E-state index contributed by atoms with van der Waals surface area (Å²) in [6.07, 6.45) is 4.45. The largest absolute Gasteiger partial charge is 0.493 e. The molecule has 2 saturated heterocycles. The Bertz CT molecular complexity index is 1220. The third kappa shape index (κ3) is 5.94. The SMILES string of the molecule is COc1cc2c(N3CCC(c4nc(C(N)=O)cs4)CC3)ncnc2cc1OCCCN1CCN(C)CC1. The first-order valence-corrected chi connectivity index (χ1v) is 13.8. The number of likely N-dealkylation sites (N-methyl/N-ethyl adjacent to an activating group) is 1. The molecular formula is C26H35N7O3S. The molecule has 5 rings (SSSR count). The van der Waals surface area contributed by atoms with Crippen LogP contribution in [-0.4, -0.2) is 97.2 Å². The van der Waals surface area contributed by atoms with E-state index < -0.39 is 5.91 Å². The summed E-state index contributed by atoms with van der Waals surface area (Å²) in [7, 11) is 3.84. The molecule has 4 heterocycles. The second kappa shape index (κ2) is 11.6. The molecule has 2 aliphatic heterocycles. The number of ether oxygens (including phenoxy) is 2. The number of primary amides is 1. The van der Waals surface area contributed by atoms with Crippen LogP contribution in [0, 0.1) is 0 Å². The van der Waals surface area contributed by atoms with Gasteiger partial charge in [0, 0.05) is 68.6 Å². The number of amides is 1. The summed E-state index contributed by atoms with van der Waals surface area (Å²) in [5, 5.41) is 3.69. The Labute approximate surface area is 221 Å². The second-order valence-electron chi connectivity index (χ2n) is 9.76. The molecule has 198 valence electrons. The molecule has 10 nitrogen and oxygen atoms in total. The minimum atomic E-state index is -0.472. The van der Waals surface area contributed by atoms with Crippen molar-refractivity contribution < 1.29 is 14.3 Å². The predicted octanol–water partition coefficient (Wildman–Crippen LogP) is 2.59. The standard InChI is InChI=1S/C26H35N7O3S/c1-31-9-11-32(12-10-31)6-3-13-36-23-15-20-19(14-22(23)35-2)25(29-17-28-20)33-7-4-18(5-8-33)26-30-21(16-37-26)24(27)34/h14-18H,3-13H2,1-2H3,(H2,27,34). The fraction of sp³-hybridized carbons (Fsp3) is 0.538. The lowest BCUT2D eigenvalue weighted by atomic mass is 9.97. The van der Waals surface area contributed by atoms with E-state index >= 15 is 0 Å². The quantitative estimate of drug-likeness (QED) is 0.422. The van der Waals surface area contributed by atoms with Crippen LogP contribution in [0.2, 0.25) is 0 Å². The summed E-state index contributed by atoms with van der Waals surface area (Å²) < 4.78 is 11.8. The van der Waals surface area contributed by atoms with Crippen LogP contribution in [0.4, 0.5) is 5.82 Å². The molecule has 2 fully saturated rings. The Hall–Kier alpha value is -3.02. The average molecular weight is 526 g/mol. The maximum absolute atomic E-state index is 11.4. The Morgan fingerprint density at radius 1 is 1.11 bits per heavy atom. The number of piperidine rings is 1. The van der Waals surface area contributed by atoms with Gasteiger partial charge in [0.2, 0.25) is 0 Å². The summed E-state index contributed by atoms with van der Waals surface area (Å²) >= 11 is 1.52. The Kier molecular flexibility index (Phi) is 8.02. The summed E-state index contributed by atoms with van der Waals surface area (Å²) in [5.74, 6) is 2.16. The van der Waals surface area contributed by atoms with Crippen molar-refractivity contribution in [2.45, 2.75) is 25.2 Å². The molecule has 0 unspecified atom stereocenters. The van der Waals surface area contributed by atoms with Gasteiger partial charge in [-0.1, -0.05) is 0 Å². The zero-order chi connectivity index (χ0) is 25.8. The minimum absolute atomic E-state index is 0.322. The van der Waals surface area contributed by atoms with Gasteiger partial charge in [0.25, 0.3) is 5.91 Å². The number of hydrogen-bond donors (Lipinski definition) is 1. The fourth-order valence-corrected chi connectivity index (χ4v) is 6.02. The number of aromatic nitrogens is 3. The van der Waals surface area contributed by atoms with Gasteiger partial charge < -0.3 is 29.9 Å². The highest BCUT2D eigenvalue weighted by Crippen LogP contribution is 2.37. The van der Waals surface area contributed by atoms with E-state index in [0.717, 1.165) is 86.8 Å². The first-order chi connectivity index (χ1) is 18.0. The van der Waals surface area contributed by atoms with Crippen molar-refractivity contribution in [1.82, 2.24) is 24.8 Å². The van der Waals surface area contributed by atoms with Gasteiger partial charge in [0.1, 0.15) is 17.8 Å². The van der Waals surface area contributed by atoms with Gasteiger partial charge in [-0.3, -0.25) is 4.79 Å². The van der Waals surface area contributed by atoms with Gasteiger partial charge in [-0.05, 0) is 32.4 Å². The van der Waals surface area contributed by atoms with Gasteiger partial charge in [0.15, 0.2) is 11.5 Å². The molecule has 0 bridgehead atoms. The molecular weight excluding hydrogens is 490 g/mol. The number of anilines is 1. The molecule has 2 aliphatic rings. The van der Waals surface area contributed by atoms with Crippen LogP contribution in [0.1, 0.15) is 40.7 Å². The number of carbonyl (C=O) groups excluding carboxylic acids is 1. The van der Waals surface area contributed by atoms with E-state index in [1.165, 1.54) is 11.3 Å². The Balaban J connectivity index is 1.23. The first-order valence-electron chi connectivity index (χ1n) is 12.9. The van der Waals surface area contributed by atoms with Crippen molar-refractivity contribution >= 4 is 34.0 Å². The maximum Gasteiger partial charge on any atom is 0.268 e. The maximum atomic E-state index is 11.4. The molecule has 0 radical (unpaired) electrons. The van der Waals surface area contributed by atoms with Crippen molar-refractivity contribution in [2.75, 3.05) is 71.5 Å². The lowest BCUT2D eigenvalue weighted by Gasteiger charge is -2.32. The molecule has 0 aliphatic carbocycles. The summed E-state index contributed by atoms with van der Waals surface area (Å²) in [6, 6.07) is 3.95. The van der Waals surface area contributed by atoms with Gasteiger partial charge >= 0.3 is 0 Å². The summed E-state index contributed by atoms with van der Waals surface area (Å²) in [6.45, 7) is 7.84. The van der Waals surface area contributed by atoms with Crippen molar-refractivity contribution in [1.29, 1.82) is 0 Å². The van der Waals surface area contributed by atoms with E-state index in [1.54, 1.807) is 18.8 Å². The summed E-state index contributed by atoms with van der Waals surface area (Å²) in [4.78, 5) is 32.2. The van der Waals surface area contributed by atoms with E-state index in [1.807, 2.05) is 12.1 Å². The summed E-state index contributed by atoms with van der Waals surface area (Å²) in [5.41, 5.74) is 6.57. The van der Waals surface area contributed by atoms with Crippen LogP contribution in [-0.2, 0) is 0 Å². The van der Waals surface area contributed by atoms with Crippen LogP contribution in [0.3, 0.4) is 0 Å². The zero-order valence-corrected chi connectivity index (χ0v) is 22.4. The fourth-order valence-electron chi connectivity index (χ4n) is 5.04. The van der Waals surface area contributed by atoms with E-state index in [9.17, 15) is 4.79 Å².